The highest BCUT2D eigenvalue weighted by Gasteiger charge is 2.33. The summed E-state index contributed by atoms with van der Waals surface area (Å²) in [5, 5.41) is 0. The first kappa shape index (κ1) is 25.5. The highest BCUT2D eigenvalue weighted by molar-refractivity contribution is 7.98. The number of nitrogens with zero attached hydrogens (tertiary/aromatic N) is 3. The molecule has 5 rings (SSSR count). The molecule has 0 saturated carbocycles. The lowest BCUT2D eigenvalue weighted by molar-refractivity contribution is -0.143. The van der Waals surface area contributed by atoms with Crippen molar-refractivity contribution in [3.05, 3.63) is 90.6 Å². The van der Waals surface area contributed by atoms with E-state index in [2.05, 4.69) is 34.2 Å². The first-order valence-electron chi connectivity index (χ1n) is 12.6. The van der Waals surface area contributed by atoms with Gasteiger partial charge in [-0.1, -0.05) is 35.6 Å². The third-order valence-corrected chi connectivity index (χ3v) is 8.40. The van der Waals surface area contributed by atoms with E-state index in [9.17, 15) is 9.59 Å². The number of hydrogen-bond donors (Lipinski definition) is 0. The van der Waals surface area contributed by atoms with Crippen molar-refractivity contribution in [2.45, 2.75) is 50.7 Å². The van der Waals surface area contributed by atoms with E-state index in [1.807, 2.05) is 57.4 Å². The van der Waals surface area contributed by atoms with Crippen LogP contribution >= 0.6 is 23.1 Å². The Morgan fingerprint density at radius 1 is 1.11 bits per heavy atom. The van der Waals surface area contributed by atoms with Gasteiger partial charge in [0, 0.05) is 23.7 Å². The number of thioether (sulfide) groups is 1. The van der Waals surface area contributed by atoms with Crippen LogP contribution in [0.15, 0.2) is 74.5 Å². The fourth-order valence-corrected chi connectivity index (χ4v) is 6.32. The van der Waals surface area contributed by atoms with Crippen molar-refractivity contribution >= 4 is 40.8 Å². The number of thiazole rings is 1. The summed E-state index contributed by atoms with van der Waals surface area (Å²) in [7, 11) is 0. The van der Waals surface area contributed by atoms with E-state index < -0.39 is 12.0 Å². The van der Waals surface area contributed by atoms with Gasteiger partial charge >= 0.3 is 5.97 Å². The number of carbonyl (C=O) groups excluding carboxylic acids is 1. The molecule has 0 N–H and O–H groups in total. The maximum absolute atomic E-state index is 13.8. The number of anilines is 1. The maximum atomic E-state index is 13.8. The number of rotatable bonds is 6. The minimum absolute atomic E-state index is 0.159. The number of fused-ring (bicyclic) bond motifs is 1. The van der Waals surface area contributed by atoms with E-state index in [0.717, 1.165) is 29.1 Å². The molecular formula is C29H31N3O3S2. The lowest BCUT2D eigenvalue weighted by Gasteiger charge is -2.25. The number of carbonyl (C=O) groups is 1. The van der Waals surface area contributed by atoms with Crippen molar-refractivity contribution in [3.8, 4) is 0 Å². The molecule has 0 spiro atoms. The zero-order valence-electron chi connectivity index (χ0n) is 21.6. The van der Waals surface area contributed by atoms with Gasteiger partial charge in [-0.2, -0.15) is 0 Å². The fraction of sp³-hybridized carbons (Fsp3) is 0.345. The Balaban J connectivity index is 1.60. The van der Waals surface area contributed by atoms with Crippen molar-refractivity contribution in [1.29, 1.82) is 0 Å². The summed E-state index contributed by atoms with van der Waals surface area (Å²) in [5.41, 5.74) is 3.85. The van der Waals surface area contributed by atoms with Crippen LogP contribution in [0, 0.1) is 0 Å². The Bertz CT molecular complexity index is 1510. The highest BCUT2D eigenvalue weighted by atomic mass is 32.2. The number of ether oxygens (including phenoxy) is 1. The molecule has 0 amide bonds. The van der Waals surface area contributed by atoms with Gasteiger partial charge in [-0.15, -0.1) is 11.8 Å². The number of hydrogen-bond acceptors (Lipinski definition) is 7. The van der Waals surface area contributed by atoms with Crippen LogP contribution in [0.2, 0.25) is 0 Å². The third kappa shape index (κ3) is 5.18. The number of allylic oxidation sites excluding steroid dienone is 1. The fourth-order valence-electron chi connectivity index (χ4n) is 4.87. The quantitative estimate of drug-likeness (QED) is 0.345. The molecule has 2 aromatic carbocycles. The van der Waals surface area contributed by atoms with E-state index in [1.165, 1.54) is 29.9 Å². The Kier molecular flexibility index (Phi) is 7.40. The highest BCUT2D eigenvalue weighted by Crippen LogP contribution is 2.32. The van der Waals surface area contributed by atoms with Crippen LogP contribution < -0.4 is 19.8 Å². The molecule has 6 nitrogen and oxygen atoms in total. The summed E-state index contributed by atoms with van der Waals surface area (Å²) in [6, 6.07) is 15.7. The Morgan fingerprint density at radius 3 is 2.41 bits per heavy atom. The lowest BCUT2D eigenvalue weighted by Crippen LogP contribution is -2.40. The van der Waals surface area contributed by atoms with Gasteiger partial charge in [0.05, 0.1) is 27.9 Å². The second-order valence-corrected chi connectivity index (χ2v) is 11.5. The molecule has 192 valence electrons. The van der Waals surface area contributed by atoms with Gasteiger partial charge in [-0.25, -0.2) is 9.79 Å². The molecule has 3 aromatic rings. The molecule has 2 aliphatic heterocycles. The predicted molar refractivity (Wildman–Crippen MR) is 151 cm³/mol. The molecular weight excluding hydrogens is 502 g/mol. The second-order valence-electron chi connectivity index (χ2n) is 9.59. The van der Waals surface area contributed by atoms with E-state index >= 15 is 0 Å². The van der Waals surface area contributed by atoms with Gasteiger partial charge in [-0.05, 0) is 81.3 Å². The summed E-state index contributed by atoms with van der Waals surface area (Å²) in [6.07, 6.45) is 6.12. The summed E-state index contributed by atoms with van der Waals surface area (Å²) < 4.78 is 7.82. The lowest BCUT2D eigenvalue weighted by atomic mass is 9.96. The molecule has 37 heavy (non-hydrogen) atoms. The smallest absolute Gasteiger partial charge is 0.338 e. The topological polar surface area (TPSA) is 63.9 Å². The minimum Gasteiger partial charge on any atom is -0.459 e. The average molecular weight is 534 g/mol. The van der Waals surface area contributed by atoms with Gasteiger partial charge in [0.2, 0.25) is 0 Å². The summed E-state index contributed by atoms with van der Waals surface area (Å²) in [4.78, 5) is 35.8. The average Bonchev–Trinajstić information content (AvgIpc) is 3.52. The summed E-state index contributed by atoms with van der Waals surface area (Å²) in [5.74, 6) is -0.443. The van der Waals surface area contributed by atoms with Crippen LogP contribution in [0.1, 0.15) is 50.8 Å². The maximum Gasteiger partial charge on any atom is 0.338 e. The van der Waals surface area contributed by atoms with Crippen LogP contribution in [0.4, 0.5) is 5.69 Å². The standard InChI is InChI=1S/C29H31N3O3S2/c1-18(2)35-28(34)25-19(3)30-29-32(26(25)21-9-13-23(36-4)14-10-21)27(33)24(37-29)17-20-7-11-22(12-8-20)31-15-5-6-16-31/h7-14,17-18,26H,5-6,15-16H2,1-4H3/b24-17-/t26-/m0/s1. The van der Waals surface area contributed by atoms with Crippen molar-refractivity contribution < 1.29 is 9.53 Å². The first-order valence-corrected chi connectivity index (χ1v) is 14.6. The number of esters is 1. The molecule has 8 heteroatoms. The number of benzene rings is 2. The van der Waals surface area contributed by atoms with Crippen molar-refractivity contribution in [1.82, 2.24) is 4.57 Å². The van der Waals surface area contributed by atoms with Gasteiger partial charge in [0.15, 0.2) is 4.80 Å². The molecule has 1 aromatic heterocycles. The molecule has 0 aliphatic carbocycles. The van der Waals surface area contributed by atoms with E-state index in [4.69, 9.17) is 4.74 Å². The van der Waals surface area contributed by atoms with E-state index in [1.54, 1.807) is 16.3 Å². The minimum atomic E-state index is -0.599. The normalized spacial score (nSPS) is 17.8. The monoisotopic (exact) mass is 533 g/mol. The van der Waals surface area contributed by atoms with Gasteiger partial charge in [0.1, 0.15) is 0 Å². The van der Waals surface area contributed by atoms with Crippen molar-refractivity contribution in [2.75, 3.05) is 24.2 Å². The Morgan fingerprint density at radius 2 is 1.78 bits per heavy atom. The van der Waals surface area contributed by atoms with Gasteiger partial charge in [-0.3, -0.25) is 9.36 Å². The second kappa shape index (κ2) is 10.7. The molecule has 1 fully saturated rings. The summed E-state index contributed by atoms with van der Waals surface area (Å²) >= 11 is 3.00. The largest absolute Gasteiger partial charge is 0.459 e. The zero-order valence-corrected chi connectivity index (χ0v) is 23.2. The van der Waals surface area contributed by atoms with E-state index in [0.29, 0.717) is 20.6 Å². The Hall–Kier alpha value is -3.10. The van der Waals surface area contributed by atoms with E-state index in [-0.39, 0.29) is 11.7 Å². The van der Waals surface area contributed by atoms with Crippen molar-refractivity contribution in [3.63, 3.8) is 0 Å². The molecule has 0 unspecified atom stereocenters. The van der Waals surface area contributed by atoms with Crippen LogP contribution in [0.5, 0.6) is 0 Å². The first-order chi connectivity index (χ1) is 17.9. The molecule has 0 bridgehead atoms. The molecule has 1 saturated heterocycles. The molecule has 2 aliphatic rings. The summed E-state index contributed by atoms with van der Waals surface area (Å²) in [6.45, 7) is 7.64. The van der Waals surface area contributed by atoms with Crippen molar-refractivity contribution in [2.24, 2.45) is 4.99 Å². The molecule has 1 atom stereocenters. The number of aromatic nitrogens is 1. The van der Waals surface area contributed by atoms with Crippen LogP contribution in [-0.4, -0.2) is 36.0 Å². The van der Waals surface area contributed by atoms with Crippen LogP contribution in [-0.2, 0) is 9.53 Å². The van der Waals surface area contributed by atoms with Crippen LogP contribution in [0.3, 0.4) is 0 Å². The molecule has 3 heterocycles. The van der Waals surface area contributed by atoms with Gasteiger partial charge < -0.3 is 9.64 Å². The zero-order chi connectivity index (χ0) is 26.1. The molecule has 0 radical (unpaired) electrons. The Labute approximate surface area is 225 Å². The third-order valence-electron chi connectivity index (χ3n) is 6.68. The SMILES string of the molecule is CSc1ccc([C@H]2C(C(=O)OC(C)C)=C(C)N=c3s/c(=C\c4ccc(N5CCCC5)cc4)c(=O)n32)cc1. The van der Waals surface area contributed by atoms with Gasteiger partial charge in [0.25, 0.3) is 5.56 Å². The van der Waals surface area contributed by atoms with Crippen LogP contribution in [0.25, 0.3) is 6.08 Å². The predicted octanol–water partition coefficient (Wildman–Crippen LogP) is 4.51.